The summed E-state index contributed by atoms with van der Waals surface area (Å²) >= 11 is 0. The van der Waals surface area contributed by atoms with E-state index in [2.05, 4.69) is 17.0 Å². The van der Waals surface area contributed by atoms with Gasteiger partial charge in [-0.05, 0) is 12.0 Å². The molecule has 0 saturated carbocycles. The first-order valence-electron chi connectivity index (χ1n) is 8.45. The van der Waals surface area contributed by atoms with Crippen molar-refractivity contribution < 1.29 is 9.59 Å². The lowest BCUT2D eigenvalue weighted by atomic mass is 10.0. The minimum atomic E-state index is 0.163. The van der Waals surface area contributed by atoms with E-state index >= 15 is 0 Å². The lowest BCUT2D eigenvalue weighted by Crippen LogP contribution is -2.64. The largest absolute Gasteiger partial charge is 0.340 e. The standard InChI is InChI=1S/C18H25N3O2/c1-15(22)19-9-11-20(12-10-19)17-13-21(14-17)18(23)8-7-16-5-3-2-4-6-16/h2-6,17H,7-14H2,1H3. The molecule has 5 heteroatoms. The number of amides is 2. The van der Waals surface area contributed by atoms with E-state index in [9.17, 15) is 9.59 Å². The number of hydrogen-bond donors (Lipinski definition) is 0. The van der Waals surface area contributed by atoms with Crippen molar-refractivity contribution in [1.82, 2.24) is 14.7 Å². The number of carbonyl (C=O) groups is 2. The third-order valence-corrected chi connectivity index (χ3v) is 4.96. The van der Waals surface area contributed by atoms with E-state index in [-0.39, 0.29) is 11.8 Å². The summed E-state index contributed by atoms with van der Waals surface area (Å²) in [7, 11) is 0. The van der Waals surface area contributed by atoms with Gasteiger partial charge in [-0.15, -0.1) is 0 Å². The highest BCUT2D eigenvalue weighted by Gasteiger charge is 2.35. The Morgan fingerprint density at radius 1 is 1.00 bits per heavy atom. The molecule has 1 aromatic rings. The van der Waals surface area contributed by atoms with Crippen LogP contribution in [0.4, 0.5) is 0 Å². The summed E-state index contributed by atoms with van der Waals surface area (Å²) in [6, 6.07) is 10.6. The number of aryl methyl sites for hydroxylation is 1. The molecular formula is C18H25N3O2. The van der Waals surface area contributed by atoms with E-state index in [1.807, 2.05) is 28.0 Å². The molecule has 0 atom stereocenters. The third-order valence-electron chi connectivity index (χ3n) is 4.96. The van der Waals surface area contributed by atoms with Gasteiger partial charge in [-0.3, -0.25) is 14.5 Å². The number of hydrogen-bond acceptors (Lipinski definition) is 3. The number of likely N-dealkylation sites (tertiary alicyclic amines) is 1. The molecule has 2 fully saturated rings. The first-order chi connectivity index (χ1) is 11.1. The quantitative estimate of drug-likeness (QED) is 0.832. The Labute approximate surface area is 137 Å². The topological polar surface area (TPSA) is 43.9 Å². The fourth-order valence-corrected chi connectivity index (χ4v) is 3.35. The lowest BCUT2D eigenvalue weighted by molar-refractivity contribution is -0.140. The second kappa shape index (κ2) is 7.13. The van der Waals surface area contributed by atoms with Crippen LogP contribution in [-0.4, -0.2) is 71.8 Å². The van der Waals surface area contributed by atoms with E-state index in [1.54, 1.807) is 6.92 Å². The Bertz CT molecular complexity index is 547. The van der Waals surface area contributed by atoms with E-state index in [4.69, 9.17) is 0 Å². The molecule has 0 spiro atoms. The zero-order valence-electron chi connectivity index (χ0n) is 13.8. The van der Waals surface area contributed by atoms with Crippen molar-refractivity contribution in [2.75, 3.05) is 39.3 Å². The van der Waals surface area contributed by atoms with Gasteiger partial charge >= 0.3 is 0 Å². The number of carbonyl (C=O) groups excluding carboxylic acids is 2. The summed E-state index contributed by atoms with van der Waals surface area (Å²) in [6.45, 7) is 6.79. The highest BCUT2D eigenvalue weighted by molar-refractivity contribution is 5.77. The van der Waals surface area contributed by atoms with Crippen LogP contribution in [0.1, 0.15) is 18.9 Å². The fraction of sp³-hybridized carbons (Fsp3) is 0.556. The molecule has 0 aromatic heterocycles. The van der Waals surface area contributed by atoms with Gasteiger partial charge in [0.05, 0.1) is 0 Å². The number of nitrogens with zero attached hydrogens (tertiary/aromatic N) is 3. The average molecular weight is 315 g/mol. The molecule has 0 aliphatic carbocycles. The van der Waals surface area contributed by atoms with Crippen LogP contribution in [-0.2, 0) is 16.0 Å². The molecule has 2 amide bonds. The summed E-state index contributed by atoms with van der Waals surface area (Å²) in [4.78, 5) is 29.8. The molecular weight excluding hydrogens is 290 g/mol. The molecule has 2 heterocycles. The van der Waals surface area contributed by atoms with Gasteiger partial charge in [-0.2, -0.15) is 0 Å². The number of piperazine rings is 1. The van der Waals surface area contributed by atoms with Crippen molar-refractivity contribution in [2.45, 2.75) is 25.8 Å². The molecule has 2 aliphatic rings. The van der Waals surface area contributed by atoms with Crippen LogP contribution in [0.15, 0.2) is 30.3 Å². The zero-order chi connectivity index (χ0) is 16.2. The highest BCUT2D eigenvalue weighted by atomic mass is 16.2. The van der Waals surface area contributed by atoms with Gasteiger partial charge in [-0.1, -0.05) is 30.3 Å². The van der Waals surface area contributed by atoms with Crippen LogP contribution in [0.3, 0.4) is 0 Å². The van der Waals surface area contributed by atoms with Crippen molar-refractivity contribution in [3.8, 4) is 0 Å². The summed E-state index contributed by atoms with van der Waals surface area (Å²) in [5.74, 6) is 0.420. The molecule has 1 aromatic carbocycles. The first kappa shape index (κ1) is 16.0. The lowest BCUT2D eigenvalue weighted by Gasteiger charge is -2.48. The van der Waals surface area contributed by atoms with E-state index < -0.39 is 0 Å². The van der Waals surface area contributed by atoms with Gasteiger partial charge in [0.2, 0.25) is 11.8 Å². The Morgan fingerprint density at radius 3 is 2.26 bits per heavy atom. The predicted octanol–water partition coefficient (Wildman–Crippen LogP) is 0.994. The van der Waals surface area contributed by atoms with Gasteiger partial charge in [0.1, 0.15) is 0 Å². The number of benzene rings is 1. The summed E-state index contributed by atoms with van der Waals surface area (Å²) in [5.41, 5.74) is 1.22. The van der Waals surface area contributed by atoms with Gasteiger partial charge in [0, 0.05) is 58.7 Å². The summed E-state index contributed by atoms with van der Waals surface area (Å²) < 4.78 is 0. The summed E-state index contributed by atoms with van der Waals surface area (Å²) in [5, 5.41) is 0. The third kappa shape index (κ3) is 3.91. The monoisotopic (exact) mass is 315 g/mol. The molecule has 124 valence electrons. The van der Waals surface area contributed by atoms with Crippen LogP contribution < -0.4 is 0 Å². The molecule has 3 rings (SSSR count). The number of rotatable bonds is 4. The first-order valence-corrected chi connectivity index (χ1v) is 8.45. The van der Waals surface area contributed by atoms with Gasteiger partial charge in [0.15, 0.2) is 0 Å². The van der Waals surface area contributed by atoms with Gasteiger partial charge in [0.25, 0.3) is 0 Å². The van der Waals surface area contributed by atoms with Crippen LogP contribution in [0.25, 0.3) is 0 Å². The van der Waals surface area contributed by atoms with Crippen LogP contribution in [0, 0.1) is 0 Å². The molecule has 0 radical (unpaired) electrons. The molecule has 2 saturated heterocycles. The highest BCUT2D eigenvalue weighted by Crippen LogP contribution is 2.18. The van der Waals surface area contributed by atoms with Crippen molar-refractivity contribution in [2.24, 2.45) is 0 Å². The SMILES string of the molecule is CC(=O)N1CCN(C2CN(C(=O)CCc3ccccc3)C2)CC1. The predicted molar refractivity (Wildman–Crippen MR) is 89.0 cm³/mol. The molecule has 0 N–H and O–H groups in total. The Hall–Kier alpha value is -1.88. The van der Waals surface area contributed by atoms with Crippen LogP contribution >= 0.6 is 0 Å². The minimum Gasteiger partial charge on any atom is -0.340 e. The van der Waals surface area contributed by atoms with Gasteiger partial charge in [-0.25, -0.2) is 0 Å². The van der Waals surface area contributed by atoms with Gasteiger partial charge < -0.3 is 9.80 Å². The minimum absolute atomic E-state index is 0.163. The fourth-order valence-electron chi connectivity index (χ4n) is 3.35. The maximum Gasteiger partial charge on any atom is 0.223 e. The van der Waals surface area contributed by atoms with E-state index in [1.165, 1.54) is 5.56 Å². The van der Waals surface area contributed by atoms with E-state index in [0.717, 1.165) is 45.7 Å². The normalized spacial score (nSPS) is 19.5. The molecule has 0 unspecified atom stereocenters. The Morgan fingerprint density at radius 2 is 1.65 bits per heavy atom. The second-order valence-electron chi connectivity index (χ2n) is 6.48. The Balaban J connectivity index is 1.37. The molecule has 5 nitrogen and oxygen atoms in total. The van der Waals surface area contributed by atoms with Crippen LogP contribution in [0.5, 0.6) is 0 Å². The molecule has 0 bridgehead atoms. The smallest absolute Gasteiger partial charge is 0.223 e. The van der Waals surface area contributed by atoms with Crippen LogP contribution in [0.2, 0.25) is 0 Å². The second-order valence-corrected chi connectivity index (χ2v) is 6.48. The van der Waals surface area contributed by atoms with E-state index in [0.29, 0.717) is 12.5 Å². The average Bonchev–Trinajstić information content (AvgIpc) is 2.53. The van der Waals surface area contributed by atoms with Crippen molar-refractivity contribution in [3.05, 3.63) is 35.9 Å². The maximum absolute atomic E-state index is 12.2. The zero-order valence-corrected chi connectivity index (χ0v) is 13.8. The maximum atomic E-state index is 12.2. The van der Waals surface area contributed by atoms with Crippen molar-refractivity contribution >= 4 is 11.8 Å². The van der Waals surface area contributed by atoms with Crippen molar-refractivity contribution in [1.29, 1.82) is 0 Å². The summed E-state index contributed by atoms with van der Waals surface area (Å²) in [6.07, 6.45) is 1.41. The van der Waals surface area contributed by atoms with Crippen molar-refractivity contribution in [3.63, 3.8) is 0 Å². The molecule has 2 aliphatic heterocycles. The molecule has 23 heavy (non-hydrogen) atoms. The Kier molecular flexibility index (Phi) is 4.96.